The maximum atomic E-state index is 12.3. The van der Waals surface area contributed by atoms with E-state index in [1.165, 1.54) is 0 Å². The Morgan fingerprint density at radius 1 is 1.11 bits per heavy atom. The number of carbonyl (C=O) groups is 2. The number of benzene rings is 2. The Kier molecular flexibility index (Phi) is 6.11. The molecule has 1 saturated heterocycles. The molecule has 8 heteroatoms. The zero-order valence-corrected chi connectivity index (χ0v) is 15.0. The van der Waals surface area contributed by atoms with Crippen molar-refractivity contribution in [3.05, 3.63) is 48.5 Å². The Hall–Kier alpha value is -3.26. The predicted molar refractivity (Wildman–Crippen MR) is 104 cm³/mol. The fraction of sp³-hybridized carbons (Fsp3) is 0.263. The first-order valence-corrected chi connectivity index (χ1v) is 8.61. The van der Waals surface area contributed by atoms with Gasteiger partial charge in [0.15, 0.2) is 0 Å². The fourth-order valence-electron chi connectivity index (χ4n) is 2.67. The van der Waals surface area contributed by atoms with Gasteiger partial charge in [0.05, 0.1) is 6.61 Å². The number of methoxy groups -OCH3 is 1. The van der Waals surface area contributed by atoms with Crippen molar-refractivity contribution < 1.29 is 19.1 Å². The van der Waals surface area contributed by atoms with Gasteiger partial charge in [-0.3, -0.25) is 4.90 Å². The number of hydrogen-bond donors (Lipinski definition) is 3. The average Bonchev–Trinajstić information content (AvgIpc) is 3.08. The lowest BCUT2D eigenvalue weighted by molar-refractivity contribution is 0.146. The standard InChI is InChI=1S/C19H22N4O4/c1-26-10-11-27-17-7-3-5-15(13-17)22-18(24)21-14-4-2-6-16(12-14)23-9-8-20-19(23)25/h2-7,12-13H,8-11H2,1H3,(H,20,25)(H2,21,22,24). The van der Waals surface area contributed by atoms with Crippen molar-refractivity contribution in [1.29, 1.82) is 0 Å². The molecule has 0 aromatic heterocycles. The van der Waals surface area contributed by atoms with Gasteiger partial charge in [-0.2, -0.15) is 0 Å². The molecule has 2 aromatic rings. The van der Waals surface area contributed by atoms with E-state index in [2.05, 4.69) is 16.0 Å². The molecule has 142 valence electrons. The van der Waals surface area contributed by atoms with Crippen molar-refractivity contribution in [2.24, 2.45) is 0 Å². The lowest BCUT2D eigenvalue weighted by Crippen LogP contribution is -2.27. The normalized spacial score (nSPS) is 13.2. The molecule has 1 fully saturated rings. The van der Waals surface area contributed by atoms with E-state index in [1.54, 1.807) is 48.4 Å². The minimum Gasteiger partial charge on any atom is -0.491 e. The average molecular weight is 370 g/mol. The number of nitrogens with zero attached hydrogens (tertiary/aromatic N) is 1. The summed E-state index contributed by atoms with van der Waals surface area (Å²) >= 11 is 0. The number of carbonyl (C=O) groups excluding carboxylic acids is 2. The number of urea groups is 2. The van der Waals surface area contributed by atoms with Gasteiger partial charge < -0.3 is 25.4 Å². The second-order valence-electron chi connectivity index (χ2n) is 5.88. The van der Waals surface area contributed by atoms with E-state index in [1.807, 2.05) is 12.1 Å². The zero-order chi connectivity index (χ0) is 19.1. The highest BCUT2D eigenvalue weighted by atomic mass is 16.5. The van der Waals surface area contributed by atoms with E-state index in [0.29, 0.717) is 43.4 Å². The predicted octanol–water partition coefficient (Wildman–Crippen LogP) is 2.89. The van der Waals surface area contributed by atoms with E-state index < -0.39 is 0 Å². The molecule has 0 spiro atoms. The minimum atomic E-state index is -0.382. The lowest BCUT2D eigenvalue weighted by Gasteiger charge is -2.15. The molecule has 1 heterocycles. The van der Waals surface area contributed by atoms with Crippen LogP contribution in [0.2, 0.25) is 0 Å². The Labute approximate surface area is 157 Å². The first kappa shape index (κ1) is 18.5. The zero-order valence-electron chi connectivity index (χ0n) is 15.0. The van der Waals surface area contributed by atoms with Crippen molar-refractivity contribution in [1.82, 2.24) is 5.32 Å². The molecule has 0 aliphatic carbocycles. The molecule has 0 bridgehead atoms. The number of amides is 4. The third-order valence-electron chi connectivity index (χ3n) is 3.92. The first-order valence-electron chi connectivity index (χ1n) is 8.61. The summed E-state index contributed by atoms with van der Waals surface area (Å²) in [5.74, 6) is 0.645. The summed E-state index contributed by atoms with van der Waals surface area (Å²) in [4.78, 5) is 25.7. The van der Waals surface area contributed by atoms with Crippen LogP contribution in [0.15, 0.2) is 48.5 Å². The van der Waals surface area contributed by atoms with Crippen LogP contribution in [-0.4, -0.2) is 45.5 Å². The highest BCUT2D eigenvalue weighted by Crippen LogP contribution is 2.22. The Balaban J connectivity index is 1.59. The van der Waals surface area contributed by atoms with E-state index >= 15 is 0 Å². The van der Waals surface area contributed by atoms with Crippen LogP contribution in [0.4, 0.5) is 26.7 Å². The van der Waals surface area contributed by atoms with Gasteiger partial charge in [0.2, 0.25) is 0 Å². The van der Waals surface area contributed by atoms with Crippen LogP contribution < -0.4 is 25.6 Å². The fourth-order valence-corrected chi connectivity index (χ4v) is 2.67. The monoisotopic (exact) mass is 370 g/mol. The van der Waals surface area contributed by atoms with Gasteiger partial charge in [-0.1, -0.05) is 12.1 Å². The molecule has 3 N–H and O–H groups in total. The third-order valence-corrected chi connectivity index (χ3v) is 3.92. The van der Waals surface area contributed by atoms with Gasteiger partial charge in [0.25, 0.3) is 0 Å². The van der Waals surface area contributed by atoms with Crippen LogP contribution >= 0.6 is 0 Å². The highest BCUT2D eigenvalue weighted by molar-refractivity contribution is 6.01. The summed E-state index contributed by atoms with van der Waals surface area (Å²) in [6, 6.07) is 13.7. The molecule has 8 nitrogen and oxygen atoms in total. The molecule has 2 aromatic carbocycles. The molecule has 3 rings (SSSR count). The van der Waals surface area contributed by atoms with Gasteiger partial charge in [-0.15, -0.1) is 0 Å². The Morgan fingerprint density at radius 3 is 2.56 bits per heavy atom. The van der Waals surface area contributed by atoms with E-state index in [4.69, 9.17) is 9.47 Å². The molecule has 0 atom stereocenters. The molecular weight excluding hydrogens is 348 g/mol. The van der Waals surface area contributed by atoms with Crippen LogP contribution in [0.1, 0.15) is 0 Å². The van der Waals surface area contributed by atoms with Crippen LogP contribution in [-0.2, 0) is 4.74 Å². The smallest absolute Gasteiger partial charge is 0.323 e. The summed E-state index contributed by atoms with van der Waals surface area (Å²) in [6.07, 6.45) is 0. The number of anilines is 3. The van der Waals surface area contributed by atoms with Crippen LogP contribution in [0.25, 0.3) is 0 Å². The summed E-state index contributed by atoms with van der Waals surface area (Å²) in [5, 5.41) is 8.29. The molecule has 0 saturated carbocycles. The molecule has 1 aliphatic rings. The number of hydrogen-bond acceptors (Lipinski definition) is 4. The van der Waals surface area contributed by atoms with Crippen LogP contribution in [0.3, 0.4) is 0 Å². The van der Waals surface area contributed by atoms with Gasteiger partial charge in [-0.05, 0) is 30.3 Å². The van der Waals surface area contributed by atoms with Crippen LogP contribution in [0, 0.1) is 0 Å². The van der Waals surface area contributed by atoms with Crippen molar-refractivity contribution in [3.63, 3.8) is 0 Å². The molecule has 27 heavy (non-hydrogen) atoms. The van der Waals surface area contributed by atoms with E-state index in [9.17, 15) is 9.59 Å². The molecule has 0 radical (unpaired) electrons. The third kappa shape index (κ3) is 5.11. The second-order valence-corrected chi connectivity index (χ2v) is 5.88. The molecular formula is C19H22N4O4. The largest absolute Gasteiger partial charge is 0.491 e. The quantitative estimate of drug-likeness (QED) is 0.654. The summed E-state index contributed by atoms with van der Waals surface area (Å²) < 4.78 is 10.5. The van der Waals surface area contributed by atoms with Crippen molar-refractivity contribution in [2.75, 3.05) is 48.9 Å². The Bertz CT molecular complexity index is 812. The van der Waals surface area contributed by atoms with Gasteiger partial charge in [-0.25, -0.2) is 9.59 Å². The van der Waals surface area contributed by atoms with Gasteiger partial charge >= 0.3 is 12.1 Å². The number of nitrogens with one attached hydrogen (secondary N) is 3. The minimum absolute atomic E-state index is 0.137. The Morgan fingerprint density at radius 2 is 1.85 bits per heavy atom. The highest BCUT2D eigenvalue weighted by Gasteiger charge is 2.21. The van der Waals surface area contributed by atoms with Crippen LogP contribution in [0.5, 0.6) is 5.75 Å². The van der Waals surface area contributed by atoms with Crippen molar-refractivity contribution in [2.45, 2.75) is 0 Å². The topological polar surface area (TPSA) is 91.9 Å². The maximum Gasteiger partial charge on any atom is 0.323 e. The lowest BCUT2D eigenvalue weighted by atomic mass is 10.2. The summed E-state index contributed by atoms with van der Waals surface area (Å²) in [7, 11) is 1.61. The first-order chi connectivity index (χ1) is 13.2. The summed E-state index contributed by atoms with van der Waals surface area (Å²) in [5.41, 5.74) is 1.94. The van der Waals surface area contributed by atoms with Gasteiger partial charge in [0.1, 0.15) is 12.4 Å². The molecule has 1 aliphatic heterocycles. The number of rotatable bonds is 7. The second kappa shape index (κ2) is 8.91. The van der Waals surface area contributed by atoms with E-state index in [-0.39, 0.29) is 12.1 Å². The van der Waals surface area contributed by atoms with E-state index in [0.717, 1.165) is 5.69 Å². The van der Waals surface area contributed by atoms with Gasteiger partial charge in [0, 0.05) is 43.3 Å². The molecule has 4 amide bonds. The van der Waals surface area contributed by atoms with Crippen molar-refractivity contribution >= 4 is 29.1 Å². The SMILES string of the molecule is COCCOc1cccc(NC(=O)Nc2cccc(N3CCNC3=O)c2)c1. The molecule has 0 unspecified atom stereocenters. The maximum absolute atomic E-state index is 12.3. The number of ether oxygens (including phenoxy) is 2. The summed E-state index contributed by atoms with van der Waals surface area (Å²) in [6.45, 7) is 2.14. The van der Waals surface area contributed by atoms with Crippen molar-refractivity contribution in [3.8, 4) is 5.75 Å².